The average Bonchev–Trinajstić information content (AvgIpc) is 2.39. The van der Waals surface area contributed by atoms with Gasteiger partial charge in [0.2, 0.25) is 0 Å². The van der Waals surface area contributed by atoms with Gasteiger partial charge in [-0.1, -0.05) is 6.07 Å². The van der Waals surface area contributed by atoms with Crippen LogP contribution in [0.15, 0.2) is 24.3 Å². The summed E-state index contributed by atoms with van der Waals surface area (Å²) in [5.41, 5.74) is 0.390. The third kappa shape index (κ3) is 2.98. The predicted octanol–water partition coefficient (Wildman–Crippen LogP) is 0.190. The topological polar surface area (TPSA) is 78.9 Å². The number of morpholine rings is 1. The fourth-order valence-electron chi connectivity index (χ4n) is 1.68. The molecular weight excluding hydrogens is 236 g/mol. The molecule has 1 aromatic carbocycles. The minimum atomic E-state index is -0.706. The van der Waals surface area contributed by atoms with Crippen molar-refractivity contribution in [1.82, 2.24) is 4.90 Å². The van der Waals surface area contributed by atoms with Gasteiger partial charge < -0.3 is 20.1 Å². The minimum absolute atomic E-state index is 0.0339. The Kier molecular flexibility index (Phi) is 3.78. The van der Waals surface area contributed by atoms with Crippen LogP contribution in [0.3, 0.4) is 0 Å². The highest BCUT2D eigenvalue weighted by Gasteiger charge is 2.23. The van der Waals surface area contributed by atoms with Gasteiger partial charge in [-0.25, -0.2) is 0 Å². The van der Waals surface area contributed by atoms with Crippen molar-refractivity contribution in [3.05, 3.63) is 24.3 Å². The number of benzene rings is 1. The molecule has 0 unspecified atom stereocenters. The van der Waals surface area contributed by atoms with Gasteiger partial charge in [-0.2, -0.15) is 0 Å². The number of ether oxygens (including phenoxy) is 1. The Morgan fingerprint density at radius 2 is 2.00 bits per heavy atom. The van der Waals surface area contributed by atoms with Gasteiger partial charge in [-0.15, -0.1) is 0 Å². The van der Waals surface area contributed by atoms with Crippen molar-refractivity contribution in [2.24, 2.45) is 0 Å². The quantitative estimate of drug-likeness (QED) is 0.697. The molecule has 18 heavy (non-hydrogen) atoms. The molecule has 0 atom stereocenters. The number of nitrogens with zero attached hydrogens (tertiary/aromatic N) is 1. The first-order valence-electron chi connectivity index (χ1n) is 5.64. The Balaban J connectivity index is 1.96. The minimum Gasteiger partial charge on any atom is -0.508 e. The van der Waals surface area contributed by atoms with Crippen molar-refractivity contribution < 1.29 is 19.4 Å². The van der Waals surface area contributed by atoms with E-state index in [2.05, 4.69) is 5.32 Å². The van der Waals surface area contributed by atoms with E-state index in [9.17, 15) is 14.7 Å². The van der Waals surface area contributed by atoms with Crippen molar-refractivity contribution in [3.8, 4) is 5.75 Å². The molecule has 0 saturated carbocycles. The summed E-state index contributed by atoms with van der Waals surface area (Å²) >= 11 is 0. The Hall–Kier alpha value is -2.08. The molecule has 0 bridgehead atoms. The van der Waals surface area contributed by atoms with Crippen LogP contribution in [-0.2, 0) is 14.3 Å². The van der Waals surface area contributed by atoms with Crippen LogP contribution in [0.25, 0.3) is 0 Å². The monoisotopic (exact) mass is 250 g/mol. The van der Waals surface area contributed by atoms with Crippen molar-refractivity contribution in [1.29, 1.82) is 0 Å². The largest absolute Gasteiger partial charge is 0.508 e. The van der Waals surface area contributed by atoms with Crippen LogP contribution >= 0.6 is 0 Å². The molecule has 0 radical (unpaired) electrons. The molecule has 1 saturated heterocycles. The van der Waals surface area contributed by atoms with Crippen molar-refractivity contribution >= 4 is 17.5 Å². The van der Waals surface area contributed by atoms with E-state index in [1.807, 2.05) is 0 Å². The van der Waals surface area contributed by atoms with Gasteiger partial charge in [0.1, 0.15) is 5.75 Å². The number of phenolic OH excluding ortho intramolecular Hbond substituents is 1. The van der Waals surface area contributed by atoms with E-state index in [4.69, 9.17) is 4.74 Å². The Morgan fingerprint density at radius 1 is 1.28 bits per heavy atom. The maximum absolute atomic E-state index is 11.8. The van der Waals surface area contributed by atoms with E-state index in [-0.39, 0.29) is 5.75 Å². The molecule has 2 N–H and O–H groups in total. The molecule has 96 valence electrons. The van der Waals surface area contributed by atoms with Gasteiger partial charge in [-0.05, 0) is 12.1 Å². The predicted molar refractivity (Wildman–Crippen MR) is 64.1 cm³/mol. The van der Waals surface area contributed by atoms with Crippen LogP contribution in [0.4, 0.5) is 5.69 Å². The molecule has 1 aliphatic rings. The standard InChI is InChI=1S/C12H14N2O4/c15-10-3-1-2-9(8-10)13-11(16)12(17)14-4-6-18-7-5-14/h1-3,8,15H,4-7H2,(H,13,16). The highest BCUT2D eigenvalue weighted by Crippen LogP contribution is 2.15. The number of nitrogens with one attached hydrogen (secondary N) is 1. The fraction of sp³-hybridized carbons (Fsp3) is 0.333. The number of carbonyl (C=O) groups excluding carboxylic acids is 2. The first kappa shape index (κ1) is 12.4. The summed E-state index contributed by atoms with van der Waals surface area (Å²) in [4.78, 5) is 24.9. The van der Waals surface area contributed by atoms with Gasteiger partial charge in [0.05, 0.1) is 13.2 Å². The Labute approximate surface area is 104 Å². The highest BCUT2D eigenvalue weighted by atomic mass is 16.5. The van der Waals surface area contributed by atoms with E-state index in [1.165, 1.54) is 17.0 Å². The van der Waals surface area contributed by atoms with E-state index in [1.54, 1.807) is 12.1 Å². The zero-order chi connectivity index (χ0) is 13.0. The van der Waals surface area contributed by atoms with E-state index in [0.29, 0.717) is 32.0 Å². The lowest BCUT2D eigenvalue weighted by Gasteiger charge is -2.26. The average molecular weight is 250 g/mol. The second kappa shape index (κ2) is 5.50. The summed E-state index contributed by atoms with van der Waals surface area (Å²) in [7, 11) is 0. The van der Waals surface area contributed by atoms with E-state index >= 15 is 0 Å². The lowest BCUT2D eigenvalue weighted by molar-refractivity contribution is -0.145. The third-order valence-corrected chi connectivity index (χ3v) is 2.60. The summed E-state index contributed by atoms with van der Waals surface area (Å²) in [5.74, 6) is -1.25. The number of aromatic hydroxyl groups is 1. The molecule has 6 heteroatoms. The normalized spacial score (nSPS) is 15.2. The number of anilines is 1. The first-order chi connectivity index (χ1) is 8.66. The summed E-state index contributed by atoms with van der Waals surface area (Å²) in [6, 6.07) is 6.05. The smallest absolute Gasteiger partial charge is 0.313 e. The second-order valence-corrected chi connectivity index (χ2v) is 3.91. The molecular formula is C12H14N2O4. The molecule has 0 aliphatic carbocycles. The van der Waals surface area contributed by atoms with Crippen molar-refractivity contribution in [2.75, 3.05) is 31.6 Å². The number of hydrogen-bond donors (Lipinski definition) is 2. The number of hydrogen-bond acceptors (Lipinski definition) is 4. The van der Waals surface area contributed by atoms with Gasteiger partial charge in [-0.3, -0.25) is 9.59 Å². The zero-order valence-electron chi connectivity index (χ0n) is 9.76. The fourth-order valence-corrected chi connectivity index (χ4v) is 1.68. The molecule has 2 rings (SSSR count). The lowest BCUT2D eigenvalue weighted by atomic mass is 10.3. The van der Waals surface area contributed by atoms with Crippen LogP contribution in [0, 0.1) is 0 Å². The van der Waals surface area contributed by atoms with Gasteiger partial charge in [0.15, 0.2) is 0 Å². The van der Waals surface area contributed by atoms with Gasteiger partial charge in [0.25, 0.3) is 0 Å². The third-order valence-electron chi connectivity index (χ3n) is 2.60. The Bertz CT molecular complexity index is 455. The molecule has 1 fully saturated rings. The first-order valence-corrected chi connectivity index (χ1v) is 5.64. The maximum Gasteiger partial charge on any atom is 0.313 e. The van der Waals surface area contributed by atoms with Crippen molar-refractivity contribution in [3.63, 3.8) is 0 Å². The molecule has 0 aromatic heterocycles. The molecule has 6 nitrogen and oxygen atoms in total. The zero-order valence-corrected chi connectivity index (χ0v) is 9.76. The van der Waals surface area contributed by atoms with E-state index < -0.39 is 11.8 Å². The summed E-state index contributed by atoms with van der Waals surface area (Å²) in [6.07, 6.45) is 0. The molecule has 1 aliphatic heterocycles. The second-order valence-electron chi connectivity index (χ2n) is 3.91. The Morgan fingerprint density at radius 3 is 2.67 bits per heavy atom. The van der Waals surface area contributed by atoms with Gasteiger partial charge >= 0.3 is 11.8 Å². The van der Waals surface area contributed by atoms with Crippen molar-refractivity contribution in [2.45, 2.75) is 0 Å². The SMILES string of the molecule is O=C(Nc1cccc(O)c1)C(=O)N1CCOCC1. The summed E-state index contributed by atoms with van der Waals surface area (Å²) in [5, 5.41) is 11.7. The molecule has 1 aromatic rings. The van der Waals surface area contributed by atoms with Crippen LogP contribution in [0.5, 0.6) is 5.75 Å². The van der Waals surface area contributed by atoms with Gasteiger partial charge in [0, 0.05) is 24.8 Å². The van der Waals surface area contributed by atoms with Crippen LogP contribution in [0.2, 0.25) is 0 Å². The molecule has 1 heterocycles. The number of phenols is 1. The maximum atomic E-state index is 11.8. The summed E-state index contributed by atoms with van der Waals surface area (Å²) < 4.78 is 5.10. The lowest BCUT2D eigenvalue weighted by Crippen LogP contribution is -2.45. The number of amides is 2. The van der Waals surface area contributed by atoms with Crippen LogP contribution in [0.1, 0.15) is 0 Å². The number of rotatable bonds is 1. The van der Waals surface area contributed by atoms with E-state index in [0.717, 1.165) is 0 Å². The number of carbonyl (C=O) groups is 2. The van der Waals surface area contributed by atoms with Crippen LogP contribution < -0.4 is 5.32 Å². The highest BCUT2D eigenvalue weighted by molar-refractivity contribution is 6.39. The summed E-state index contributed by atoms with van der Waals surface area (Å²) in [6.45, 7) is 1.74. The van der Waals surface area contributed by atoms with Crippen LogP contribution in [-0.4, -0.2) is 48.1 Å². The molecule has 0 spiro atoms. The molecule has 2 amide bonds.